The Hall–Kier alpha value is -1.42. The molecule has 4 heteroatoms. The van der Waals surface area contributed by atoms with E-state index in [1.807, 2.05) is 7.05 Å². The van der Waals surface area contributed by atoms with E-state index in [1.54, 1.807) is 19.1 Å². The number of aryl methyl sites for hydroxylation is 1. The van der Waals surface area contributed by atoms with Crippen LogP contribution in [0.2, 0.25) is 0 Å². The summed E-state index contributed by atoms with van der Waals surface area (Å²) in [5, 5.41) is 2.77. The van der Waals surface area contributed by atoms with Crippen LogP contribution in [0.4, 0.5) is 10.1 Å². The van der Waals surface area contributed by atoms with Crippen LogP contribution >= 0.6 is 0 Å². The number of benzene rings is 1. The van der Waals surface area contributed by atoms with Crippen molar-refractivity contribution in [2.45, 2.75) is 45.6 Å². The normalized spacial score (nSPS) is 22.3. The quantitative estimate of drug-likeness (QED) is 0.920. The summed E-state index contributed by atoms with van der Waals surface area (Å²) in [5.74, 6) is 0.431. The molecule has 1 N–H and O–H groups in total. The molecule has 0 aromatic heterocycles. The lowest BCUT2D eigenvalue weighted by molar-refractivity contribution is -0.117. The fourth-order valence-electron chi connectivity index (χ4n) is 2.91. The summed E-state index contributed by atoms with van der Waals surface area (Å²) in [6.07, 6.45) is 4.79. The van der Waals surface area contributed by atoms with Crippen molar-refractivity contribution in [3.8, 4) is 0 Å². The Kier molecular flexibility index (Phi) is 5.34. The van der Waals surface area contributed by atoms with Gasteiger partial charge in [-0.1, -0.05) is 13.0 Å². The molecule has 0 spiro atoms. The van der Waals surface area contributed by atoms with Gasteiger partial charge in [-0.25, -0.2) is 4.39 Å². The molecule has 1 aromatic rings. The first-order chi connectivity index (χ1) is 9.95. The Morgan fingerprint density at radius 3 is 2.62 bits per heavy atom. The summed E-state index contributed by atoms with van der Waals surface area (Å²) in [7, 11) is 2.00. The zero-order chi connectivity index (χ0) is 15.4. The predicted molar refractivity (Wildman–Crippen MR) is 83.8 cm³/mol. The molecule has 1 aliphatic carbocycles. The second kappa shape index (κ2) is 7.03. The van der Waals surface area contributed by atoms with Gasteiger partial charge in [-0.3, -0.25) is 9.69 Å². The molecule has 0 atom stereocenters. The third kappa shape index (κ3) is 4.53. The van der Waals surface area contributed by atoms with Gasteiger partial charge in [0, 0.05) is 11.7 Å². The average molecular weight is 292 g/mol. The molecule has 1 amide bonds. The molecule has 0 aliphatic heterocycles. The number of nitrogens with zero attached hydrogens (tertiary/aromatic N) is 1. The van der Waals surface area contributed by atoms with Gasteiger partial charge in [0.05, 0.1) is 6.54 Å². The zero-order valence-electron chi connectivity index (χ0n) is 13.2. The lowest BCUT2D eigenvalue weighted by Crippen LogP contribution is -2.39. The number of likely N-dealkylation sites (N-methyl/N-ethyl adjacent to an activating group) is 1. The maximum Gasteiger partial charge on any atom is 0.238 e. The maximum atomic E-state index is 13.5. The molecule has 1 aromatic carbocycles. The van der Waals surface area contributed by atoms with Crippen molar-refractivity contribution in [2.24, 2.45) is 5.92 Å². The minimum absolute atomic E-state index is 0.0839. The van der Waals surface area contributed by atoms with Gasteiger partial charge in [-0.15, -0.1) is 0 Å². The largest absolute Gasteiger partial charge is 0.325 e. The van der Waals surface area contributed by atoms with Crippen LogP contribution in [0.1, 0.15) is 38.2 Å². The van der Waals surface area contributed by atoms with Crippen molar-refractivity contribution in [3.05, 3.63) is 29.6 Å². The summed E-state index contributed by atoms with van der Waals surface area (Å²) in [6.45, 7) is 4.35. The fourth-order valence-corrected chi connectivity index (χ4v) is 2.91. The van der Waals surface area contributed by atoms with Crippen LogP contribution in [0.3, 0.4) is 0 Å². The van der Waals surface area contributed by atoms with Gasteiger partial charge < -0.3 is 5.32 Å². The third-order valence-electron chi connectivity index (χ3n) is 4.46. The number of anilines is 1. The van der Waals surface area contributed by atoms with E-state index in [1.165, 1.54) is 18.9 Å². The van der Waals surface area contributed by atoms with Gasteiger partial charge in [0.2, 0.25) is 5.91 Å². The predicted octanol–water partition coefficient (Wildman–Crippen LogP) is 3.58. The summed E-state index contributed by atoms with van der Waals surface area (Å²) >= 11 is 0. The van der Waals surface area contributed by atoms with Gasteiger partial charge in [-0.05, 0) is 63.3 Å². The van der Waals surface area contributed by atoms with Crippen molar-refractivity contribution < 1.29 is 9.18 Å². The monoisotopic (exact) mass is 292 g/mol. The Morgan fingerprint density at radius 2 is 2.00 bits per heavy atom. The Balaban J connectivity index is 1.84. The molecule has 1 aliphatic rings. The Labute approximate surface area is 126 Å². The lowest BCUT2D eigenvalue weighted by atomic mass is 9.87. The van der Waals surface area contributed by atoms with Crippen molar-refractivity contribution in [2.75, 3.05) is 18.9 Å². The van der Waals surface area contributed by atoms with Crippen molar-refractivity contribution in [3.63, 3.8) is 0 Å². The standard InChI is InChI=1S/C17H25FN2O/c1-12-4-8-15(9-5-12)20(3)11-17(21)19-14-7-6-13(2)16(18)10-14/h6-7,10,12,15H,4-5,8-9,11H2,1-3H3,(H,19,21). The molecule has 116 valence electrons. The molecule has 1 saturated carbocycles. The molecule has 0 radical (unpaired) electrons. The number of hydrogen-bond acceptors (Lipinski definition) is 2. The van der Waals surface area contributed by atoms with Crippen LogP contribution in [0, 0.1) is 18.7 Å². The lowest BCUT2D eigenvalue weighted by Gasteiger charge is -2.33. The molecule has 0 unspecified atom stereocenters. The molecule has 0 heterocycles. The number of amides is 1. The number of nitrogens with one attached hydrogen (secondary N) is 1. The molecule has 0 saturated heterocycles. The number of carbonyl (C=O) groups is 1. The SMILES string of the molecule is Cc1ccc(NC(=O)CN(C)C2CCC(C)CC2)cc1F. The molecular formula is C17H25FN2O. The van der Waals surface area contributed by atoms with Crippen LogP contribution < -0.4 is 5.32 Å². The Morgan fingerprint density at radius 1 is 1.33 bits per heavy atom. The fraction of sp³-hybridized carbons (Fsp3) is 0.588. The highest BCUT2D eigenvalue weighted by atomic mass is 19.1. The first kappa shape index (κ1) is 16.0. The van der Waals surface area contributed by atoms with E-state index in [2.05, 4.69) is 17.1 Å². The van der Waals surface area contributed by atoms with Crippen molar-refractivity contribution >= 4 is 11.6 Å². The van der Waals surface area contributed by atoms with Gasteiger partial charge in [0.1, 0.15) is 5.82 Å². The Bertz CT molecular complexity index is 496. The van der Waals surface area contributed by atoms with Gasteiger partial charge in [0.25, 0.3) is 0 Å². The average Bonchev–Trinajstić information content (AvgIpc) is 2.43. The van der Waals surface area contributed by atoms with Crippen molar-refractivity contribution in [1.82, 2.24) is 4.90 Å². The highest BCUT2D eigenvalue weighted by Gasteiger charge is 2.22. The molecule has 2 rings (SSSR count). The van der Waals surface area contributed by atoms with Gasteiger partial charge >= 0.3 is 0 Å². The van der Waals surface area contributed by atoms with E-state index < -0.39 is 0 Å². The van der Waals surface area contributed by atoms with E-state index >= 15 is 0 Å². The van der Waals surface area contributed by atoms with E-state index in [0.717, 1.165) is 18.8 Å². The molecule has 0 bridgehead atoms. The van der Waals surface area contributed by atoms with E-state index in [9.17, 15) is 9.18 Å². The van der Waals surface area contributed by atoms with Crippen LogP contribution in [-0.2, 0) is 4.79 Å². The summed E-state index contributed by atoms with van der Waals surface area (Å²) in [6, 6.07) is 5.27. The maximum absolute atomic E-state index is 13.5. The van der Waals surface area contributed by atoms with Crippen LogP contribution in [0.5, 0.6) is 0 Å². The summed E-state index contributed by atoms with van der Waals surface area (Å²) < 4.78 is 13.5. The summed E-state index contributed by atoms with van der Waals surface area (Å²) in [4.78, 5) is 14.2. The second-order valence-corrected chi connectivity index (χ2v) is 6.34. The van der Waals surface area contributed by atoms with Crippen LogP contribution in [0.25, 0.3) is 0 Å². The minimum Gasteiger partial charge on any atom is -0.325 e. The van der Waals surface area contributed by atoms with E-state index in [-0.39, 0.29) is 11.7 Å². The third-order valence-corrected chi connectivity index (χ3v) is 4.46. The molecule has 21 heavy (non-hydrogen) atoms. The molecular weight excluding hydrogens is 267 g/mol. The van der Waals surface area contributed by atoms with Crippen molar-refractivity contribution in [1.29, 1.82) is 0 Å². The number of halogens is 1. The molecule has 1 fully saturated rings. The topological polar surface area (TPSA) is 32.3 Å². The first-order valence-corrected chi connectivity index (χ1v) is 7.72. The van der Waals surface area contributed by atoms with Crippen LogP contribution in [0.15, 0.2) is 18.2 Å². The van der Waals surface area contributed by atoms with Gasteiger partial charge in [0.15, 0.2) is 0 Å². The zero-order valence-corrected chi connectivity index (χ0v) is 13.2. The van der Waals surface area contributed by atoms with E-state index in [0.29, 0.717) is 23.8 Å². The minimum atomic E-state index is -0.289. The van der Waals surface area contributed by atoms with Gasteiger partial charge in [-0.2, -0.15) is 0 Å². The van der Waals surface area contributed by atoms with E-state index in [4.69, 9.17) is 0 Å². The second-order valence-electron chi connectivity index (χ2n) is 6.34. The number of hydrogen-bond donors (Lipinski definition) is 1. The summed E-state index contributed by atoms with van der Waals surface area (Å²) in [5.41, 5.74) is 1.11. The smallest absolute Gasteiger partial charge is 0.238 e. The molecule has 3 nitrogen and oxygen atoms in total. The first-order valence-electron chi connectivity index (χ1n) is 7.72. The highest BCUT2D eigenvalue weighted by molar-refractivity contribution is 5.92. The number of rotatable bonds is 4. The highest BCUT2D eigenvalue weighted by Crippen LogP contribution is 2.26. The van der Waals surface area contributed by atoms with Crippen LogP contribution in [-0.4, -0.2) is 30.4 Å². The number of carbonyl (C=O) groups excluding carboxylic acids is 1.